The zero-order chi connectivity index (χ0) is 27.4. The number of carbonyl (C=O) groups excluding carboxylic acids is 2. The highest BCUT2D eigenvalue weighted by molar-refractivity contribution is 5.92. The molecule has 0 radical (unpaired) electrons. The summed E-state index contributed by atoms with van der Waals surface area (Å²) in [7, 11) is 0. The van der Waals surface area contributed by atoms with Crippen molar-refractivity contribution in [3.8, 4) is 5.75 Å². The second kappa shape index (κ2) is 11.7. The van der Waals surface area contributed by atoms with E-state index in [1.54, 1.807) is 12.1 Å². The molecule has 0 bridgehead atoms. The van der Waals surface area contributed by atoms with Crippen molar-refractivity contribution >= 4 is 17.8 Å². The lowest BCUT2D eigenvalue weighted by Gasteiger charge is -2.37. The molecule has 1 fully saturated rings. The minimum Gasteiger partial charge on any atom is -0.488 e. The molecule has 0 saturated heterocycles. The van der Waals surface area contributed by atoms with Crippen LogP contribution in [-0.4, -0.2) is 33.8 Å². The lowest BCUT2D eigenvalue weighted by Crippen LogP contribution is -2.53. The Morgan fingerprint density at radius 1 is 0.974 bits per heavy atom. The van der Waals surface area contributed by atoms with Crippen LogP contribution in [0.3, 0.4) is 0 Å². The third kappa shape index (κ3) is 5.82. The highest BCUT2D eigenvalue weighted by Crippen LogP contribution is 2.36. The van der Waals surface area contributed by atoms with Crippen LogP contribution in [-0.2, 0) is 34.0 Å². The first-order valence-corrected chi connectivity index (χ1v) is 13.6. The highest BCUT2D eigenvalue weighted by atomic mass is 16.5. The summed E-state index contributed by atoms with van der Waals surface area (Å²) in [5.41, 5.74) is 4.23. The number of hydrogen-bond donors (Lipinski definition) is 2. The molecule has 2 atom stereocenters. The van der Waals surface area contributed by atoms with Gasteiger partial charge in [0.25, 0.3) is 5.91 Å². The molecule has 0 aromatic heterocycles. The molecule has 0 unspecified atom stereocenters. The number of carboxylic acid groups (broad SMARTS) is 1. The summed E-state index contributed by atoms with van der Waals surface area (Å²) in [4.78, 5) is 41.1. The van der Waals surface area contributed by atoms with Crippen LogP contribution in [0, 0.1) is 12.8 Å². The van der Waals surface area contributed by atoms with Crippen molar-refractivity contribution in [2.75, 3.05) is 0 Å². The number of nitrogens with zero attached hydrogens (tertiary/aromatic N) is 1. The van der Waals surface area contributed by atoms with E-state index >= 15 is 0 Å². The fraction of sp³-hybridized carbons (Fsp3) is 0.344. The Labute approximate surface area is 228 Å². The third-order valence-electron chi connectivity index (χ3n) is 7.86. The maximum atomic E-state index is 14.1. The molecule has 2 N–H and O–H groups in total. The molecule has 7 heteroatoms. The van der Waals surface area contributed by atoms with Crippen molar-refractivity contribution in [1.29, 1.82) is 0 Å². The van der Waals surface area contributed by atoms with Crippen molar-refractivity contribution in [3.05, 3.63) is 101 Å². The van der Waals surface area contributed by atoms with E-state index in [-0.39, 0.29) is 24.8 Å². The summed E-state index contributed by atoms with van der Waals surface area (Å²) in [6, 6.07) is 20.7. The smallest absolute Gasteiger partial charge is 0.326 e. The largest absolute Gasteiger partial charge is 0.488 e. The topological polar surface area (TPSA) is 95.9 Å². The van der Waals surface area contributed by atoms with Crippen LogP contribution in [0.1, 0.15) is 59.5 Å². The minimum absolute atomic E-state index is 0.117. The molecule has 2 amide bonds. The molecular weight excluding hydrogens is 492 g/mol. The predicted molar refractivity (Wildman–Crippen MR) is 147 cm³/mol. The van der Waals surface area contributed by atoms with Crippen LogP contribution in [0.15, 0.2) is 72.8 Å². The van der Waals surface area contributed by atoms with E-state index in [0.717, 1.165) is 47.9 Å². The van der Waals surface area contributed by atoms with E-state index in [1.165, 1.54) is 4.90 Å². The third-order valence-corrected chi connectivity index (χ3v) is 7.86. The Hall–Kier alpha value is -4.13. The average molecular weight is 527 g/mol. The molecule has 1 aliphatic heterocycles. The first kappa shape index (κ1) is 26.5. The van der Waals surface area contributed by atoms with Gasteiger partial charge in [0, 0.05) is 24.4 Å². The highest BCUT2D eigenvalue weighted by Gasteiger charge is 2.40. The maximum absolute atomic E-state index is 14.1. The zero-order valence-electron chi connectivity index (χ0n) is 22.1. The Morgan fingerprint density at radius 2 is 1.64 bits per heavy atom. The monoisotopic (exact) mass is 526 g/mol. The van der Waals surface area contributed by atoms with Crippen molar-refractivity contribution in [2.24, 2.45) is 5.92 Å². The van der Waals surface area contributed by atoms with E-state index in [4.69, 9.17) is 4.74 Å². The van der Waals surface area contributed by atoms with Crippen molar-refractivity contribution < 1.29 is 24.2 Å². The van der Waals surface area contributed by atoms with Gasteiger partial charge in [-0.1, -0.05) is 85.6 Å². The van der Waals surface area contributed by atoms with Crippen LogP contribution >= 0.6 is 0 Å². The zero-order valence-corrected chi connectivity index (χ0v) is 22.1. The number of aliphatic carboxylic acids is 1. The molecule has 7 nitrogen and oxygen atoms in total. The number of aryl methyl sites for hydroxylation is 1. The molecule has 3 aromatic carbocycles. The summed E-state index contributed by atoms with van der Waals surface area (Å²) < 4.78 is 6.22. The van der Waals surface area contributed by atoms with Crippen LogP contribution in [0.25, 0.3) is 0 Å². The van der Waals surface area contributed by atoms with E-state index in [0.29, 0.717) is 17.9 Å². The number of hydrogen-bond acceptors (Lipinski definition) is 4. The number of rotatable bonds is 8. The van der Waals surface area contributed by atoms with Gasteiger partial charge in [-0.3, -0.25) is 9.59 Å². The van der Waals surface area contributed by atoms with E-state index in [2.05, 4.69) is 5.32 Å². The summed E-state index contributed by atoms with van der Waals surface area (Å²) in [6.07, 6.45) is 3.74. The predicted octanol–water partition coefficient (Wildman–Crippen LogP) is 4.96. The molecule has 1 aliphatic carbocycles. The van der Waals surface area contributed by atoms with Crippen LogP contribution in [0.2, 0.25) is 0 Å². The number of fused-ring (bicyclic) bond motifs is 1. The lowest BCUT2D eigenvalue weighted by molar-refractivity contribution is -0.153. The van der Waals surface area contributed by atoms with Gasteiger partial charge in [-0.05, 0) is 42.0 Å². The normalized spacial score (nSPS) is 17.8. The van der Waals surface area contributed by atoms with Crippen molar-refractivity contribution in [1.82, 2.24) is 10.2 Å². The fourth-order valence-corrected chi connectivity index (χ4v) is 5.68. The average Bonchev–Trinajstić information content (AvgIpc) is 3.51. The molecule has 0 spiro atoms. The molecule has 2 aliphatic rings. The number of carbonyl (C=O) groups is 3. The van der Waals surface area contributed by atoms with E-state index in [9.17, 15) is 19.5 Å². The number of nitrogens with one attached hydrogen (secondary N) is 1. The minimum atomic E-state index is -1.08. The standard InChI is InChI=1S/C32H34N2O5/c1-21-16-17-25-19-34(27(32(37)38)18-26(25)29(21)39-20-22-10-4-2-5-11-22)31(36)28(23-12-6-3-7-13-23)33-30(35)24-14-8-9-15-24/h2-7,10-13,16-17,24,27-28H,8-9,14-15,18-20H2,1H3,(H,33,35)(H,37,38)/t27-,28-/m0/s1. The second-order valence-corrected chi connectivity index (χ2v) is 10.5. The summed E-state index contributed by atoms with van der Waals surface area (Å²) >= 11 is 0. The van der Waals surface area contributed by atoms with Gasteiger partial charge in [-0.2, -0.15) is 0 Å². The molecule has 3 aromatic rings. The van der Waals surface area contributed by atoms with E-state index in [1.807, 2.05) is 67.6 Å². The van der Waals surface area contributed by atoms with Crippen LogP contribution < -0.4 is 10.1 Å². The number of ether oxygens (including phenoxy) is 1. The molecule has 202 valence electrons. The van der Waals surface area contributed by atoms with Gasteiger partial charge in [0.05, 0.1) is 0 Å². The summed E-state index contributed by atoms with van der Waals surface area (Å²) in [5, 5.41) is 13.2. The van der Waals surface area contributed by atoms with Crippen LogP contribution in [0.5, 0.6) is 5.75 Å². The molecular formula is C32H34N2O5. The Morgan fingerprint density at radius 3 is 2.31 bits per heavy atom. The first-order chi connectivity index (χ1) is 18.9. The Bertz CT molecular complexity index is 1340. The fourth-order valence-electron chi connectivity index (χ4n) is 5.68. The number of carboxylic acids is 1. The second-order valence-electron chi connectivity index (χ2n) is 10.5. The first-order valence-electron chi connectivity index (χ1n) is 13.6. The quantitative estimate of drug-likeness (QED) is 0.433. The molecule has 5 rings (SSSR count). The summed E-state index contributed by atoms with van der Waals surface area (Å²) in [6.45, 7) is 2.43. The van der Waals surface area contributed by atoms with Gasteiger partial charge in [0.2, 0.25) is 5.91 Å². The molecule has 1 heterocycles. The SMILES string of the molecule is Cc1ccc2c(c1OCc1ccccc1)C[C@@H](C(=O)O)N(C(=O)[C@@H](NC(=O)C1CCCC1)c1ccccc1)C2. The number of benzene rings is 3. The lowest BCUT2D eigenvalue weighted by atomic mass is 9.90. The van der Waals surface area contributed by atoms with Crippen LogP contribution in [0.4, 0.5) is 0 Å². The van der Waals surface area contributed by atoms with Gasteiger partial charge in [0.15, 0.2) is 0 Å². The summed E-state index contributed by atoms with van der Waals surface area (Å²) in [5.74, 6) is -1.10. The molecule has 1 saturated carbocycles. The van der Waals surface area contributed by atoms with E-state index < -0.39 is 24.0 Å². The van der Waals surface area contributed by atoms with Crippen molar-refractivity contribution in [3.63, 3.8) is 0 Å². The molecule has 39 heavy (non-hydrogen) atoms. The Balaban J connectivity index is 1.44. The van der Waals surface area contributed by atoms with Gasteiger partial charge < -0.3 is 20.1 Å². The Kier molecular flexibility index (Phi) is 7.96. The van der Waals surface area contributed by atoms with Gasteiger partial charge in [-0.15, -0.1) is 0 Å². The van der Waals surface area contributed by atoms with Gasteiger partial charge in [0.1, 0.15) is 24.4 Å². The maximum Gasteiger partial charge on any atom is 0.326 e. The van der Waals surface area contributed by atoms with Crippen molar-refractivity contribution in [2.45, 2.75) is 64.3 Å². The number of amides is 2. The van der Waals surface area contributed by atoms with Gasteiger partial charge >= 0.3 is 5.97 Å². The van der Waals surface area contributed by atoms with Gasteiger partial charge in [-0.25, -0.2) is 4.79 Å².